The van der Waals surface area contributed by atoms with E-state index >= 15 is 0 Å². The van der Waals surface area contributed by atoms with Gasteiger partial charge in [0.25, 0.3) is 0 Å². The number of rotatable bonds is 4. The van der Waals surface area contributed by atoms with E-state index in [4.69, 9.17) is 0 Å². The first-order chi connectivity index (χ1) is 11.7. The second-order valence-corrected chi connectivity index (χ2v) is 7.32. The summed E-state index contributed by atoms with van der Waals surface area (Å²) in [4.78, 5) is 8.83. The Balaban J connectivity index is 0.000000198. The van der Waals surface area contributed by atoms with Crippen molar-refractivity contribution in [2.45, 2.75) is 71.6 Å². The monoisotopic (exact) mass is 322 g/mol. The van der Waals surface area contributed by atoms with Gasteiger partial charge in [-0.3, -0.25) is 0 Å². The summed E-state index contributed by atoms with van der Waals surface area (Å²) in [5, 5.41) is 2.91. The lowest BCUT2D eigenvalue weighted by Crippen LogP contribution is -2.13. The zero-order valence-electron chi connectivity index (χ0n) is 15.4. The van der Waals surface area contributed by atoms with E-state index in [-0.39, 0.29) is 0 Å². The molecule has 4 rings (SSSR count). The summed E-state index contributed by atoms with van der Waals surface area (Å²) < 4.78 is 0. The molecule has 3 aliphatic rings. The van der Waals surface area contributed by atoms with Crippen LogP contribution in [0.2, 0.25) is 0 Å². The van der Waals surface area contributed by atoms with Crippen molar-refractivity contribution in [2.24, 2.45) is 5.92 Å². The van der Waals surface area contributed by atoms with Crippen LogP contribution in [0.1, 0.15) is 75.2 Å². The van der Waals surface area contributed by atoms with Crippen LogP contribution >= 0.6 is 0 Å². The third kappa shape index (κ3) is 3.85. The standard InChI is InChI=1S/C15H24N2.C7H6/c1-3-5-12-6-8-13(9-7-12)14-10-16-15(4-2)17-11-14;1-5-4-6-2-3-7(5)6/h10-13H,3-9H2,1-2H3;2-4H,1H3. The predicted octanol–water partition coefficient (Wildman–Crippen LogP) is 5.71. The number of benzene rings is 1. The van der Waals surface area contributed by atoms with Gasteiger partial charge < -0.3 is 0 Å². The molecular weight excluding hydrogens is 292 g/mol. The van der Waals surface area contributed by atoms with Gasteiger partial charge in [0.15, 0.2) is 0 Å². The van der Waals surface area contributed by atoms with Gasteiger partial charge in [0.05, 0.1) is 0 Å². The lowest BCUT2D eigenvalue weighted by Gasteiger charge is -2.28. The van der Waals surface area contributed by atoms with Crippen LogP contribution in [-0.4, -0.2) is 9.97 Å². The quantitative estimate of drug-likeness (QED) is 0.615. The number of hydrogen-bond donors (Lipinski definition) is 0. The van der Waals surface area contributed by atoms with Gasteiger partial charge in [-0.1, -0.05) is 44.9 Å². The molecule has 1 aromatic rings. The minimum Gasteiger partial charge on any atom is -0.241 e. The van der Waals surface area contributed by atoms with Crippen LogP contribution in [0.15, 0.2) is 30.6 Å². The van der Waals surface area contributed by atoms with Crippen LogP contribution in [0, 0.1) is 23.3 Å². The van der Waals surface area contributed by atoms with Gasteiger partial charge in [0, 0.05) is 18.8 Å². The highest BCUT2D eigenvalue weighted by molar-refractivity contribution is 5.31. The number of hydrogen-bond acceptors (Lipinski definition) is 2. The van der Waals surface area contributed by atoms with Crippen molar-refractivity contribution < 1.29 is 0 Å². The first kappa shape index (κ1) is 17.1. The summed E-state index contributed by atoms with van der Waals surface area (Å²) in [5.41, 5.74) is 2.80. The number of nitrogens with zero attached hydrogens (tertiary/aromatic N) is 2. The molecule has 2 heteroatoms. The fraction of sp³-hybridized carbons (Fsp3) is 0.545. The van der Waals surface area contributed by atoms with Crippen molar-refractivity contribution >= 4 is 0 Å². The molecule has 3 aliphatic carbocycles. The predicted molar refractivity (Wildman–Crippen MR) is 99.9 cm³/mol. The van der Waals surface area contributed by atoms with Crippen molar-refractivity contribution in [3.05, 3.63) is 58.0 Å². The molecule has 0 unspecified atom stereocenters. The maximum atomic E-state index is 4.42. The zero-order valence-corrected chi connectivity index (χ0v) is 15.4. The summed E-state index contributed by atoms with van der Waals surface area (Å²) in [6.45, 7) is 6.54. The average molecular weight is 322 g/mol. The Bertz CT molecular complexity index is 741. The summed E-state index contributed by atoms with van der Waals surface area (Å²) in [6.07, 6.45) is 13.2. The molecule has 0 aromatic carbocycles. The molecule has 0 saturated heterocycles. The fourth-order valence-corrected chi connectivity index (χ4v) is 3.93. The number of aromatic nitrogens is 2. The van der Waals surface area contributed by atoms with Crippen molar-refractivity contribution in [2.75, 3.05) is 0 Å². The fourth-order valence-electron chi connectivity index (χ4n) is 3.93. The Morgan fingerprint density at radius 3 is 2.08 bits per heavy atom. The molecular formula is C22H30N2. The summed E-state index contributed by atoms with van der Waals surface area (Å²) >= 11 is 0. The lowest BCUT2D eigenvalue weighted by atomic mass is 9.78. The van der Waals surface area contributed by atoms with Gasteiger partial charge in [-0.25, -0.2) is 9.97 Å². The maximum Gasteiger partial charge on any atom is 0.127 e. The molecule has 24 heavy (non-hydrogen) atoms. The molecule has 1 aromatic heterocycles. The number of aryl methyl sites for hydroxylation is 2. The molecule has 0 N–H and O–H groups in total. The van der Waals surface area contributed by atoms with Crippen molar-refractivity contribution in [3.8, 4) is 0 Å². The van der Waals surface area contributed by atoms with E-state index in [0.29, 0.717) is 5.92 Å². The molecule has 0 radical (unpaired) electrons. The highest BCUT2D eigenvalue weighted by atomic mass is 14.9. The topological polar surface area (TPSA) is 25.8 Å². The Morgan fingerprint density at radius 1 is 1.00 bits per heavy atom. The Hall–Kier alpha value is -1.70. The van der Waals surface area contributed by atoms with E-state index in [1.807, 2.05) is 0 Å². The van der Waals surface area contributed by atoms with Crippen LogP contribution in [0.4, 0.5) is 0 Å². The smallest absolute Gasteiger partial charge is 0.127 e. The second kappa shape index (κ2) is 7.92. The molecule has 1 fully saturated rings. The molecule has 128 valence electrons. The van der Waals surface area contributed by atoms with Gasteiger partial charge in [-0.2, -0.15) is 0 Å². The summed E-state index contributed by atoms with van der Waals surface area (Å²) in [7, 11) is 0. The van der Waals surface area contributed by atoms with E-state index in [0.717, 1.165) is 18.2 Å². The molecule has 0 amide bonds. The van der Waals surface area contributed by atoms with Crippen LogP contribution in [0.25, 0.3) is 0 Å². The minimum atomic E-state index is 0.717. The third-order valence-corrected chi connectivity index (χ3v) is 5.59. The van der Waals surface area contributed by atoms with Gasteiger partial charge in [0.2, 0.25) is 0 Å². The summed E-state index contributed by atoms with van der Waals surface area (Å²) in [6, 6.07) is 6.50. The van der Waals surface area contributed by atoms with Crippen LogP contribution in [-0.2, 0) is 6.42 Å². The van der Waals surface area contributed by atoms with Gasteiger partial charge in [-0.15, -0.1) is 0 Å². The van der Waals surface area contributed by atoms with Gasteiger partial charge in [-0.05, 0) is 66.0 Å². The van der Waals surface area contributed by atoms with E-state index < -0.39 is 0 Å². The van der Waals surface area contributed by atoms with Crippen LogP contribution < -0.4 is 0 Å². The van der Waals surface area contributed by atoms with Gasteiger partial charge in [0.1, 0.15) is 5.82 Å². The molecule has 0 aliphatic heterocycles. The molecule has 1 saturated carbocycles. The van der Waals surface area contributed by atoms with Crippen molar-refractivity contribution in [3.63, 3.8) is 0 Å². The largest absolute Gasteiger partial charge is 0.241 e. The van der Waals surface area contributed by atoms with E-state index in [2.05, 4.69) is 61.3 Å². The van der Waals surface area contributed by atoms with Crippen molar-refractivity contribution in [1.82, 2.24) is 9.97 Å². The minimum absolute atomic E-state index is 0.717. The highest BCUT2D eigenvalue weighted by Crippen LogP contribution is 2.36. The SMILES string of the molecule is CCCC1CCC(c2cnc(CC)nc2)CC1.Cc1cc2ccc1=2. The first-order valence-electron chi connectivity index (χ1n) is 9.63. The van der Waals surface area contributed by atoms with E-state index in [1.54, 1.807) is 0 Å². The zero-order chi connectivity index (χ0) is 16.9. The first-order valence-corrected chi connectivity index (χ1v) is 9.63. The van der Waals surface area contributed by atoms with Crippen LogP contribution in [0.5, 0.6) is 0 Å². The Kier molecular flexibility index (Phi) is 5.65. The van der Waals surface area contributed by atoms with E-state index in [1.165, 1.54) is 60.1 Å². The highest BCUT2D eigenvalue weighted by Gasteiger charge is 2.22. The normalized spacial score (nSPS) is 21.0. The summed E-state index contributed by atoms with van der Waals surface area (Å²) in [5.74, 6) is 2.66. The maximum absolute atomic E-state index is 4.42. The second-order valence-electron chi connectivity index (χ2n) is 7.32. The molecule has 0 atom stereocenters. The average Bonchev–Trinajstić information content (AvgIpc) is 2.61. The molecule has 0 bridgehead atoms. The van der Waals surface area contributed by atoms with Crippen molar-refractivity contribution in [1.29, 1.82) is 0 Å². The van der Waals surface area contributed by atoms with Gasteiger partial charge >= 0.3 is 0 Å². The lowest BCUT2D eigenvalue weighted by molar-refractivity contribution is 0.307. The van der Waals surface area contributed by atoms with Crippen LogP contribution in [0.3, 0.4) is 0 Å². The Morgan fingerprint density at radius 2 is 1.71 bits per heavy atom. The molecule has 1 heterocycles. The third-order valence-electron chi connectivity index (χ3n) is 5.59. The Labute approximate surface area is 146 Å². The molecule has 0 spiro atoms. The molecule has 2 nitrogen and oxygen atoms in total. The van der Waals surface area contributed by atoms with E-state index in [9.17, 15) is 0 Å².